The average molecular weight is 450 g/mol. The molecule has 2 aliphatic rings. The van der Waals surface area contributed by atoms with Crippen molar-refractivity contribution in [3.8, 4) is 5.75 Å². The molecule has 1 N–H and O–H groups in total. The number of likely N-dealkylation sites (N-methyl/N-ethyl adjacent to an activating group) is 1. The molecule has 1 atom stereocenters. The smallest absolute Gasteiger partial charge is 0.338 e. The minimum absolute atomic E-state index is 0.0428. The fourth-order valence-corrected chi connectivity index (χ4v) is 4.16. The van der Waals surface area contributed by atoms with Crippen LogP contribution in [0.1, 0.15) is 31.0 Å². The number of amides is 3. The van der Waals surface area contributed by atoms with E-state index < -0.39 is 18.0 Å². The van der Waals surface area contributed by atoms with E-state index in [1.54, 1.807) is 36.3 Å². The second-order valence-electron chi connectivity index (χ2n) is 7.84. The lowest BCUT2D eigenvalue weighted by molar-refractivity contribution is -0.136. The number of carbonyl (C=O) groups excluding carboxylic acids is 3. The Hall–Kier alpha value is -3.81. The summed E-state index contributed by atoms with van der Waals surface area (Å²) in [5.74, 6) is -0.0697. The largest absolute Gasteiger partial charge is 0.497 e. The number of aryl methyl sites for hydroxylation is 1. The monoisotopic (exact) mass is 449 g/mol. The first-order valence-corrected chi connectivity index (χ1v) is 11.0. The van der Waals surface area contributed by atoms with E-state index in [4.69, 9.17) is 9.47 Å². The third-order valence-corrected chi connectivity index (χ3v) is 6.01. The van der Waals surface area contributed by atoms with E-state index in [2.05, 4.69) is 12.2 Å². The Kier molecular flexibility index (Phi) is 6.35. The number of carbonyl (C=O) groups is 3. The molecule has 0 saturated carbocycles. The van der Waals surface area contributed by atoms with Gasteiger partial charge in [-0.3, -0.25) is 9.69 Å². The third kappa shape index (κ3) is 4.28. The first-order valence-electron chi connectivity index (χ1n) is 11.0. The summed E-state index contributed by atoms with van der Waals surface area (Å²) in [7, 11) is 1.57. The predicted molar refractivity (Wildman–Crippen MR) is 123 cm³/mol. The fraction of sp³-hybridized carbons (Fsp3) is 0.320. The van der Waals surface area contributed by atoms with Gasteiger partial charge in [-0.25, -0.2) is 9.59 Å². The van der Waals surface area contributed by atoms with Crippen molar-refractivity contribution in [2.45, 2.75) is 26.3 Å². The lowest BCUT2D eigenvalue weighted by Gasteiger charge is -2.33. The Morgan fingerprint density at radius 1 is 1.12 bits per heavy atom. The maximum absolute atomic E-state index is 13.2. The van der Waals surface area contributed by atoms with Gasteiger partial charge in [0.2, 0.25) is 5.91 Å². The minimum atomic E-state index is -0.649. The van der Waals surface area contributed by atoms with Crippen molar-refractivity contribution >= 4 is 23.6 Å². The summed E-state index contributed by atoms with van der Waals surface area (Å²) in [6.45, 7) is 4.17. The molecule has 0 fully saturated rings. The molecule has 2 heterocycles. The number of ether oxygens (including phenoxy) is 2. The molecule has 3 amide bonds. The SMILES string of the molecule is CCc1ccc(N(CC)C(=O)CN2C(=O)N[C@@H](c3ccc(OC)cc3)C3=C2COC3=O)cc1. The fourth-order valence-electron chi connectivity index (χ4n) is 4.16. The van der Waals surface area contributed by atoms with Gasteiger partial charge in [-0.2, -0.15) is 0 Å². The molecule has 0 radical (unpaired) electrons. The summed E-state index contributed by atoms with van der Waals surface area (Å²) >= 11 is 0. The van der Waals surface area contributed by atoms with Crippen LogP contribution in [0.2, 0.25) is 0 Å². The molecule has 33 heavy (non-hydrogen) atoms. The molecule has 2 aliphatic heterocycles. The van der Waals surface area contributed by atoms with Crippen LogP contribution in [-0.4, -0.2) is 49.6 Å². The van der Waals surface area contributed by atoms with Gasteiger partial charge in [0.1, 0.15) is 18.9 Å². The number of hydrogen-bond acceptors (Lipinski definition) is 5. The molecule has 2 aromatic carbocycles. The molecule has 0 bridgehead atoms. The van der Waals surface area contributed by atoms with Crippen LogP contribution in [0.5, 0.6) is 5.75 Å². The van der Waals surface area contributed by atoms with Gasteiger partial charge in [-0.1, -0.05) is 31.2 Å². The first-order chi connectivity index (χ1) is 16.0. The van der Waals surface area contributed by atoms with Crippen LogP contribution < -0.4 is 15.0 Å². The summed E-state index contributed by atoms with van der Waals surface area (Å²) in [5.41, 5.74) is 3.45. The Balaban J connectivity index is 1.60. The number of cyclic esters (lactones) is 1. The van der Waals surface area contributed by atoms with Gasteiger partial charge in [0.15, 0.2) is 0 Å². The molecular formula is C25H27N3O5. The highest BCUT2D eigenvalue weighted by Gasteiger charge is 2.43. The van der Waals surface area contributed by atoms with E-state index in [0.29, 0.717) is 23.6 Å². The van der Waals surface area contributed by atoms with Crippen LogP contribution in [0.15, 0.2) is 59.8 Å². The molecule has 0 spiro atoms. The molecule has 2 aromatic rings. The topological polar surface area (TPSA) is 88.2 Å². The summed E-state index contributed by atoms with van der Waals surface area (Å²) in [4.78, 5) is 41.7. The third-order valence-electron chi connectivity index (χ3n) is 6.01. The predicted octanol–water partition coefficient (Wildman–Crippen LogP) is 3.19. The molecule has 8 nitrogen and oxygen atoms in total. The maximum atomic E-state index is 13.2. The summed E-state index contributed by atoms with van der Waals surface area (Å²) in [6, 6.07) is 13.8. The normalized spacial score (nSPS) is 17.4. The summed E-state index contributed by atoms with van der Waals surface area (Å²) < 4.78 is 10.4. The number of nitrogens with zero attached hydrogens (tertiary/aromatic N) is 2. The van der Waals surface area contributed by atoms with Gasteiger partial charge in [-0.05, 0) is 48.7 Å². The summed E-state index contributed by atoms with van der Waals surface area (Å²) in [5, 5.41) is 2.86. The Morgan fingerprint density at radius 2 is 1.82 bits per heavy atom. The molecular weight excluding hydrogens is 422 g/mol. The number of esters is 1. The van der Waals surface area contributed by atoms with Crippen LogP contribution in [0.3, 0.4) is 0 Å². The van der Waals surface area contributed by atoms with Crippen molar-refractivity contribution in [1.29, 1.82) is 0 Å². The number of benzene rings is 2. The van der Waals surface area contributed by atoms with E-state index in [1.165, 1.54) is 10.5 Å². The number of anilines is 1. The average Bonchev–Trinajstić information content (AvgIpc) is 3.23. The van der Waals surface area contributed by atoms with E-state index in [-0.39, 0.29) is 19.1 Å². The zero-order chi connectivity index (χ0) is 23.5. The van der Waals surface area contributed by atoms with E-state index in [0.717, 1.165) is 17.7 Å². The van der Waals surface area contributed by atoms with Crippen LogP contribution in [0.25, 0.3) is 0 Å². The van der Waals surface area contributed by atoms with Crippen LogP contribution >= 0.6 is 0 Å². The Morgan fingerprint density at radius 3 is 2.42 bits per heavy atom. The van der Waals surface area contributed by atoms with Crippen molar-refractivity contribution in [2.75, 3.05) is 31.7 Å². The van der Waals surface area contributed by atoms with Crippen molar-refractivity contribution in [1.82, 2.24) is 10.2 Å². The Bertz CT molecular complexity index is 1090. The van der Waals surface area contributed by atoms with Crippen molar-refractivity contribution in [3.63, 3.8) is 0 Å². The minimum Gasteiger partial charge on any atom is -0.497 e. The second-order valence-corrected chi connectivity index (χ2v) is 7.84. The second kappa shape index (κ2) is 9.36. The molecule has 4 rings (SSSR count). The van der Waals surface area contributed by atoms with Gasteiger partial charge in [-0.15, -0.1) is 0 Å². The van der Waals surface area contributed by atoms with Crippen LogP contribution in [-0.2, 0) is 20.7 Å². The van der Waals surface area contributed by atoms with Crippen LogP contribution in [0.4, 0.5) is 10.5 Å². The lowest BCUT2D eigenvalue weighted by atomic mass is 9.95. The molecule has 0 unspecified atom stereocenters. The summed E-state index contributed by atoms with van der Waals surface area (Å²) in [6.07, 6.45) is 0.911. The molecule has 8 heteroatoms. The molecule has 0 saturated heterocycles. The Labute approximate surface area is 192 Å². The molecule has 0 aromatic heterocycles. The zero-order valence-electron chi connectivity index (χ0n) is 19.0. The van der Waals surface area contributed by atoms with Crippen LogP contribution in [0, 0.1) is 0 Å². The number of rotatable bonds is 7. The van der Waals surface area contributed by atoms with Gasteiger partial charge in [0, 0.05) is 12.2 Å². The van der Waals surface area contributed by atoms with Crippen molar-refractivity contribution < 1.29 is 23.9 Å². The first kappa shape index (κ1) is 22.4. The highest BCUT2D eigenvalue weighted by atomic mass is 16.5. The van der Waals surface area contributed by atoms with Gasteiger partial charge in [0.25, 0.3) is 0 Å². The molecule has 172 valence electrons. The van der Waals surface area contributed by atoms with Gasteiger partial charge >= 0.3 is 12.0 Å². The van der Waals surface area contributed by atoms with Gasteiger partial charge in [0.05, 0.1) is 24.4 Å². The quantitative estimate of drug-likeness (QED) is 0.656. The number of hydrogen-bond donors (Lipinski definition) is 1. The van der Waals surface area contributed by atoms with E-state index in [9.17, 15) is 14.4 Å². The number of methoxy groups -OCH3 is 1. The maximum Gasteiger partial charge on any atom is 0.338 e. The van der Waals surface area contributed by atoms with Gasteiger partial charge < -0.3 is 19.7 Å². The van der Waals surface area contributed by atoms with Crippen molar-refractivity contribution in [2.24, 2.45) is 0 Å². The zero-order valence-corrected chi connectivity index (χ0v) is 19.0. The number of nitrogens with one attached hydrogen (secondary N) is 1. The highest BCUT2D eigenvalue weighted by molar-refractivity contribution is 6.00. The van der Waals surface area contributed by atoms with Crippen molar-refractivity contribution in [3.05, 3.63) is 70.9 Å². The highest BCUT2D eigenvalue weighted by Crippen LogP contribution is 2.35. The molecule has 0 aliphatic carbocycles. The van der Waals surface area contributed by atoms with E-state index >= 15 is 0 Å². The lowest BCUT2D eigenvalue weighted by Crippen LogP contribution is -2.51. The standard InChI is InChI=1S/C25H27N3O5/c1-4-16-6-10-18(11-7-16)27(5-2)21(29)14-28-20-15-33-24(30)22(20)23(26-25(28)31)17-8-12-19(32-3)13-9-17/h6-13,23H,4-5,14-15H2,1-3H3,(H,26,31)/t23-/m0/s1. The van der Waals surface area contributed by atoms with E-state index in [1.807, 2.05) is 31.2 Å². The number of urea groups is 1.